The van der Waals surface area contributed by atoms with Crippen LogP contribution in [0.3, 0.4) is 0 Å². The van der Waals surface area contributed by atoms with Crippen molar-refractivity contribution in [2.24, 2.45) is 0 Å². The molecule has 2 aromatic heterocycles. The Hall–Kier alpha value is -2.47. The van der Waals surface area contributed by atoms with Gasteiger partial charge in [0.05, 0.1) is 17.6 Å². The minimum absolute atomic E-state index is 0.130. The fraction of sp³-hybridized carbons (Fsp3) is 0.333. The third-order valence-corrected chi connectivity index (χ3v) is 7.75. The maximum atomic E-state index is 12.3. The van der Waals surface area contributed by atoms with E-state index in [1.165, 1.54) is 11.3 Å². The molecule has 0 unspecified atom stereocenters. The van der Waals surface area contributed by atoms with Gasteiger partial charge in [0.1, 0.15) is 4.21 Å². The highest BCUT2D eigenvalue weighted by atomic mass is 32.2. The molecule has 1 aliphatic rings. The molecular weight excluding hydrogens is 414 g/mol. The van der Waals surface area contributed by atoms with Crippen LogP contribution >= 0.6 is 11.3 Å². The number of benzene rings is 1. The van der Waals surface area contributed by atoms with E-state index in [0.29, 0.717) is 46.9 Å². The number of aromatic nitrogens is 2. The molecular formula is C18H21N5O4S2. The van der Waals surface area contributed by atoms with Crippen molar-refractivity contribution in [2.45, 2.75) is 23.1 Å². The summed E-state index contributed by atoms with van der Waals surface area (Å²) in [5, 5.41) is 4.57. The molecule has 3 heterocycles. The van der Waals surface area contributed by atoms with E-state index in [4.69, 9.17) is 0 Å². The molecule has 0 aliphatic carbocycles. The number of likely N-dealkylation sites (tertiary alicyclic amines) is 1. The number of nitrogens with zero attached hydrogens (tertiary/aromatic N) is 1. The van der Waals surface area contributed by atoms with Gasteiger partial charge in [0.2, 0.25) is 15.9 Å². The zero-order valence-electron chi connectivity index (χ0n) is 15.5. The molecule has 4 rings (SSSR count). The van der Waals surface area contributed by atoms with Gasteiger partial charge in [-0.05, 0) is 42.5 Å². The van der Waals surface area contributed by atoms with Gasteiger partial charge in [-0.25, -0.2) is 17.9 Å². The molecule has 0 saturated carbocycles. The number of amides is 1. The van der Waals surface area contributed by atoms with E-state index in [0.717, 1.165) is 0 Å². The summed E-state index contributed by atoms with van der Waals surface area (Å²) in [6.45, 7) is 1.50. The predicted molar refractivity (Wildman–Crippen MR) is 112 cm³/mol. The number of hydrogen-bond donors (Lipinski definition) is 4. The van der Waals surface area contributed by atoms with Crippen LogP contribution in [0.2, 0.25) is 0 Å². The van der Waals surface area contributed by atoms with Gasteiger partial charge >= 0.3 is 5.69 Å². The molecule has 9 nitrogen and oxygen atoms in total. The summed E-state index contributed by atoms with van der Waals surface area (Å²) in [6.07, 6.45) is 1.29. The quantitative estimate of drug-likeness (QED) is 0.464. The van der Waals surface area contributed by atoms with Crippen LogP contribution in [-0.4, -0.2) is 54.9 Å². The molecule has 0 atom stereocenters. The molecule has 1 aliphatic heterocycles. The molecule has 11 heteroatoms. The molecule has 3 aromatic rings. The third-order valence-electron chi connectivity index (χ3n) is 4.84. The van der Waals surface area contributed by atoms with Crippen molar-refractivity contribution in [1.29, 1.82) is 0 Å². The van der Waals surface area contributed by atoms with Gasteiger partial charge in [0.25, 0.3) is 0 Å². The van der Waals surface area contributed by atoms with Gasteiger partial charge in [-0.3, -0.25) is 9.69 Å². The van der Waals surface area contributed by atoms with Gasteiger partial charge in [-0.15, -0.1) is 11.3 Å². The summed E-state index contributed by atoms with van der Waals surface area (Å²) >= 11 is 1.19. The summed E-state index contributed by atoms with van der Waals surface area (Å²) in [5.74, 6) is -0.153. The average molecular weight is 436 g/mol. The van der Waals surface area contributed by atoms with Gasteiger partial charge < -0.3 is 15.3 Å². The smallest absolute Gasteiger partial charge is 0.323 e. The fourth-order valence-corrected chi connectivity index (χ4v) is 5.73. The van der Waals surface area contributed by atoms with Crippen molar-refractivity contribution in [3.63, 3.8) is 0 Å². The lowest BCUT2D eigenvalue weighted by Crippen LogP contribution is -2.46. The number of carbonyl (C=O) groups is 1. The van der Waals surface area contributed by atoms with Crippen molar-refractivity contribution >= 4 is 44.0 Å². The van der Waals surface area contributed by atoms with Gasteiger partial charge in [0.15, 0.2) is 0 Å². The Bertz CT molecular complexity index is 1160. The Morgan fingerprint density at radius 2 is 1.93 bits per heavy atom. The van der Waals surface area contributed by atoms with Crippen LogP contribution in [0, 0.1) is 0 Å². The van der Waals surface area contributed by atoms with Crippen molar-refractivity contribution in [3.05, 3.63) is 46.2 Å². The van der Waals surface area contributed by atoms with Gasteiger partial charge in [0, 0.05) is 24.8 Å². The standard InChI is InChI=1S/C18H21N5O4S2/c24-16(19-13-3-4-14-15(10-13)21-18(25)20-14)11-23-7-5-12(6-8-23)22-29(26,27)17-2-1-9-28-17/h1-4,9-10,12,22H,5-8,11H2,(H,19,24)(H2,20,21,25). The average Bonchev–Trinajstić information content (AvgIpc) is 3.32. The number of nitrogens with one attached hydrogen (secondary N) is 4. The molecule has 1 aromatic carbocycles. The highest BCUT2D eigenvalue weighted by Gasteiger charge is 2.26. The first kappa shape index (κ1) is 19.8. The van der Waals surface area contributed by atoms with E-state index in [1.54, 1.807) is 35.7 Å². The second-order valence-corrected chi connectivity index (χ2v) is 9.88. The summed E-state index contributed by atoms with van der Waals surface area (Å²) in [7, 11) is -3.47. The van der Waals surface area contributed by atoms with E-state index < -0.39 is 10.0 Å². The molecule has 29 heavy (non-hydrogen) atoms. The van der Waals surface area contributed by atoms with E-state index >= 15 is 0 Å². The number of fused-ring (bicyclic) bond motifs is 1. The zero-order chi connectivity index (χ0) is 20.4. The van der Waals surface area contributed by atoms with Crippen LogP contribution < -0.4 is 15.7 Å². The van der Waals surface area contributed by atoms with Crippen LogP contribution in [0.15, 0.2) is 44.7 Å². The second-order valence-electron chi connectivity index (χ2n) is 6.99. The first-order chi connectivity index (χ1) is 13.9. The van der Waals surface area contributed by atoms with Crippen LogP contribution in [0.1, 0.15) is 12.8 Å². The Labute approximate surface area is 171 Å². The van der Waals surface area contributed by atoms with E-state index in [2.05, 4.69) is 20.0 Å². The minimum Gasteiger partial charge on any atom is -0.325 e. The highest BCUT2D eigenvalue weighted by molar-refractivity contribution is 7.91. The number of piperidine rings is 1. The summed E-state index contributed by atoms with van der Waals surface area (Å²) in [6, 6.07) is 8.34. The molecule has 1 fully saturated rings. The number of anilines is 1. The van der Waals surface area contributed by atoms with Crippen LogP contribution in [-0.2, 0) is 14.8 Å². The molecule has 1 amide bonds. The Morgan fingerprint density at radius 1 is 1.17 bits per heavy atom. The largest absolute Gasteiger partial charge is 0.325 e. The second kappa shape index (κ2) is 8.11. The van der Waals surface area contributed by atoms with E-state index in [9.17, 15) is 18.0 Å². The maximum Gasteiger partial charge on any atom is 0.323 e. The third kappa shape index (κ3) is 4.75. The molecule has 0 bridgehead atoms. The number of imidazole rings is 1. The zero-order valence-corrected chi connectivity index (χ0v) is 17.1. The molecule has 1 saturated heterocycles. The van der Waals surface area contributed by atoms with E-state index in [1.807, 2.05) is 4.90 Å². The number of carbonyl (C=O) groups excluding carboxylic acids is 1. The summed E-state index contributed by atoms with van der Waals surface area (Å²) < 4.78 is 27.7. The highest BCUT2D eigenvalue weighted by Crippen LogP contribution is 2.19. The van der Waals surface area contributed by atoms with Crippen molar-refractivity contribution in [1.82, 2.24) is 19.6 Å². The lowest BCUT2D eigenvalue weighted by Gasteiger charge is -2.31. The monoisotopic (exact) mass is 435 g/mol. The van der Waals surface area contributed by atoms with Gasteiger partial charge in [-0.2, -0.15) is 0 Å². The number of aromatic amines is 2. The van der Waals surface area contributed by atoms with Crippen LogP contribution in [0.4, 0.5) is 5.69 Å². The van der Waals surface area contributed by atoms with Crippen molar-refractivity contribution < 1.29 is 13.2 Å². The number of thiophene rings is 1. The van der Waals surface area contributed by atoms with Crippen LogP contribution in [0.25, 0.3) is 11.0 Å². The fourth-order valence-electron chi connectivity index (χ4n) is 3.42. The molecule has 0 radical (unpaired) electrons. The lowest BCUT2D eigenvalue weighted by molar-refractivity contribution is -0.117. The minimum atomic E-state index is -3.47. The summed E-state index contributed by atoms with van der Waals surface area (Å²) in [5.41, 5.74) is 1.63. The molecule has 0 spiro atoms. The Balaban J connectivity index is 1.27. The number of H-pyrrole nitrogens is 2. The number of rotatable bonds is 6. The van der Waals surface area contributed by atoms with Crippen LogP contribution in [0.5, 0.6) is 0 Å². The summed E-state index contributed by atoms with van der Waals surface area (Å²) in [4.78, 5) is 31.0. The normalized spacial score (nSPS) is 16.3. The van der Waals surface area contributed by atoms with Gasteiger partial charge in [-0.1, -0.05) is 6.07 Å². The number of sulfonamides is 1. The Morgan fingerprint density at radius 3 is 2.66 bits per heavy atom. The van der Waals surface area contributed by atoms with Crippen molar-refractivity contribution in [3.8, 4) is 0 Å². The number of hydrogen-bond acceptors (Lipinski definition) is 6. The lowest BCUT2D eigenvalue weighted by atomic mass is 10.1. The first-order valence-corrected chi connectivity index (χ1v) is 11.6. The SMILES string of the molecule is O=C(CN1CCC(NS(=O)(=O)c2cccs2)CC1)Nc1ccc2[nH]c(=O)[nH]c2c1. The predicted octanol–water partition coefficient (Wildman–Crippen LogP) is 1.30. The molecule has 154 valence electrons. The van der Waals surface area contributed by atoms with E-state index in [-0.39, 0.29) is 24.2 Å². The Kier molecular flexibility index (Phi) is 5.54. The first-order valence-electron chi connectivity index (χ1n) is 9.19. The van der Waals surface area contributed by atoms with Crippen molar-refractivity contribution in [2.75, 3.05) is 25.0 Å². The topological polar surface area (TPSA) is 127 Å². The molecule has 4 N–H and O–H groups in total. The maximum absolute atomic E-state index is 12.3.